The van der Waals surface area contributed by atoms with E-state index in [2.05, 4.69) is 49.7 Å². The highest BCUT2D eigenvalue weighted by Crippen LogP contribution is 2.30. The summed E-state index contributed by atoms with van der Waals surface area (Å²) in [6.07, 6.45) is 2.57. The van der Waals surface area contributed by atoms with Crippen LogP contribution >= 0.6 is 0 Å². The fourth-order valence-electron chi connectivity index (χ4n) is 3.84. The zero-order valence-electron chi connectivity index (χ0n) is 19.7. The molecule has 1 aliphatic rings. The zero-order chi connectivity index (χ0) is 24.1. The summed E-state index contributed by atoms with van der Waals surface area (Å²) in [7, 11) is 3.70. The van der Waals surface area contributed by atoms with Crippen LogP contribution in [0.5, 0.6) is 5.88 Å². The highest BCUT2D eigenvalue weighted by atomic mass is 16.5. The predicted molar refractivity (Wildman–Crippen MR) is 131 cm³/mol. The summed E-state index contributed by atoms with van der Waals surface area (Å²) in [6, 6.07) is 11.7. The number of likely N-dealkylation sites (N-methyl/N-ethyl adjacent to an activating group) is 1. The molecule has 0 saturated carbocycles. The Morgan fingerprint density at radius 2 is 2.09 bits per heavy atom. The molecule has 3 N–H and O–H groups in total. The number of hydrogen-bond donors (Lipinski definition) is 3. The largest absolute Gasteiger partial charge is 0.480 e. The second-order valence-corrected chi connectivity index (χ2v) is 8.57. The molecule has 1 aromatic carbocycles. The minimum absolute atomic E-state index is 0.0882. The summed E-state index contributed by atoms with van der Waals surface area (Å²) in [4.78, 5) is 16.0. The van der Waals surface area contributed by atoms with Gasteiger partial charge in [-0.2, -0.15) is 5.26 Å². The molecule has 0 saturated heterocycles. The van der Waals surface area contributed by atoms with Gasteiger partial charge in [-0.25, -0.2) is 15.0 Å². The Labute approximate surface area is 199 Å². The molecule has 1 atom stereocenters. The predicted octanol–water partition coefficient (Wildman–Crippen LogP) is 3.19. The standard InChI is InChI=1S/C25H29N7O2/c1-16(15-33)13-28-20-5-4-17(10-18(20)12-26)21-6-8-27-25(30-21)31-23-11-19-14-32(2)9-7-22(19)29-24(23)34-3/h4-6,8,10-11,16,28,33H,7,9,13-15H2,1-3H3,(H,27,30,31). The van der Waals surface area contributed by atoms with Crippen molar-refractivity contribution in [2.24, 2.45) is 5.92 Å². The summed E-state index contributed by atoms with van der Waals surface area (Å²) in [5, 5.41) is 25.3. The van der Waals surface area contributed by atoms with E-state index in [-0.39, 0.29) is 12.5 Å². The van der Waals surface area contributed by atoms with Gasteiger partial charge in [-0.15, -0.1) is 0 Å². The number of methoxy groups -OCH3 is 1. The van der Waals surface area contributed by atoms with Crippen LogP contribution in [0.15, 0.2) is 36.5 Å². The molecule has 2 aromatic heterocycles. The SMILES string of the molecule is COc1nc2c(cc1Nc1nccc(-c3ccc(NCC(C)CO)c(C#N)c3)n1)CN(C)CC2. The van der Waals surface area contributed by atoms with Gasteiger partial charge >= 0.3 is 0 Å². The Balaban J connectivity index is 1.58. The number of anilines is 3. The van der Waals surface area contributed by atoms with E-state index >= 15 is 0 Å². The maximum absolute atomic E-state index is 9.63. The van der Waals surface area contributed by atoms with Crippen LogP contribution in [-0.2, 0) is 13.0 Å². The highest BCUT2D eigenvalue weighted by molar-refractivity contribution is 5.70. The second-order valence-electron chi connectivity index (χ2n) is 8.57. The Hall–Kier alpha value is -3.74. The van der Waals surface area contributed by atoms with Gasteiger partial charge in [0.15, 0.2) is 0 Å². The van der Waals surface area contributed by atoms with E-state index in [1.807, 2.05) is 19.1 Å². The number of nitriles is 1. The lowest BCUT2D eigenvalue weighted by molar-refractivity contribution is 0.244. The average molecular weight is 460 g/mol. The molecule has 0 radical (unpaired) electrons. The number of pyridine rings is 1. The highest BCUT2D eigenvalue weighted by Gasteiger charge is 2.19. The summed E-state index contributed by atoms with van der Waals surface area (Å²) < 4.78 is 5.52. The lowest BCUT2D eigenvalue weighted by atomic mass is 10.1. The molecule has 0 amide bonds. The van der Waals surface area contributed by atoms with Crippen molar-refractivity contribution >= 4 is 17.3 Å². The van der Waals surface area contributed by atoms with Gasteiger partial charge < -0.3 is 25.4 Å². The molecule has 0 bridgehead atoms. The van der Waals surface area contributed by atoms with Crippen LogP contribution in [0.25, 0.3) is 11.3 Å². The van der Waals surface area contributed by atoms with Crippen molar-refractivity contribution < 1.29 is 9.84 Å². The summed E-state index contributed by atoms with van der Waals surface area (Å²) in [5.41, 5.74) is 5.67. The lowest BCUT2D eigenvalue weighted by Gasteiger charge is -2.25. The fourth-order valence-corrected chi connectivity index (χ4v) is 3.84. The number of ether oxygens (including phenoxy) is 1. The van der Waals surface area contributed by atoms with Gasteiger partial charge in [-0.05, 0) is 42.8 Å². The second kappa shape index (κ2) is 10.5. The van der Waals surface area contributed by atoms with Crippen molar-refractivity contribution in [2.75, 3.05) is 44.5 Å². The van der Waals surface area contributed by atoms with Gasteiger partial charge in [0.05, 0.1) is 29.7 Å². The number of aromatic nitrogens is 3. The van der Waals surface area contributed by atoms with E-state index in [0.29, 0.717) is 35.3 Å². The van der Waals surface area contributed by atoms with Crippen molar-refractivity contribution in [1.29, 1.82) is 5.26 Å². The molecule has 0 fully saturated rings. The van der Waals surface area contributed by atoms with Crippen molar-refractivity contribution in [3.8, 4) is 23.2 Å². The van der Waals surface area contributed by atoms with Gasteiger partial charge in [0.25, 0.3) is 0 Å². The topological polar surface area (TPSA) is 119 Å². The molecule has 1 unspecified atom stereocenters. The van der Waals surface area contributed by atoms with Crippen LogP contribution in [-0.4, -0.2) is 58.8 Å². The third-order valence-corrected chi connectivity index (χ3v) is 5.81. The number of nitrogens with one attached hydrogen (secondary N) is 2. The zero-order valence-corrected chi connectivity index (χ0v) is 19.7. The number of fused-ring (bicyclic) bond motifs is 1. The molecule has 1 aliphatic heterocycles. The minimum Gasteiger partial charge on any atom is -0.480 e. The smallest absolute Gasteiger partial charge is 0.237 e. The summed E-state index contributed by atoms with van der Waals surface area (Å²) >= 11 is 0. The van der Waals surface area contributed by atoms with Gasteiger partial charge in [-0.1, -0.05) is 13.0 Å². The number of aliphatic hydroxyl groups is 1. The molecule has 34 heavy (non-hydrogen) atoms. The number of rotatable bonds is 8. The van der Waals surface area contributed by atoms with E-state index in [9.17, 15) is 10.4 Å². The third-order valence-electron chi connectivity index (χ3n) is 5.81. The molecule has 176 valence electrons. The monoisotopic (exact) mass is 459 g/mol. The first kappa shape index (κ1) is 23.4. The fraction of sp³-hybridized carbons (Fsp3) is 0.360. The minimum atomic E-state index is 0.0882. The van der Waals surface area contributed by atoms with Crippen LogP contribution in [0.1, 0.15) is 23.7 Å². The molecule has 0 spiro atoms. The third kappa shape index (κ3) is 5.25. The first-order valence-electron chi connectivity index (χ1n) is 11.3. The lowest BCUT2D eigenvalue weighted by Crippen LogP contribution is -2.27. The Morgan fingerprint density at radius 3 is 2.85 bits per heavy atom. The number of benzene rings is 1. The number of hydrogen-bond acceptors (Lipinski definition) is 9. The maximum Gasteiger partial charge on any atom is 0.237 e. The van der Waals surface area contributed by atoms with Crippen LogP contribution in [0, 0.1) is 17.2 Å². The van der Waals surface area contributed by atoms with Crippen LogP contribution in [0.4, 0.5) is 17.3 Å². The van der Waals surface area contributed by atoms with Gasteiger partial charge in [0, 0.05) is 44.4 Å². The maximum atomic E-state index is 9.63. The molecule has 3 heterocycles. The van der Waals surface area contributed by atoms with Gasteiger partial charge in [-0.3, -0.25) is 0 Å². The summed E-state index contributed by atoms with van der Waals surface area (Å²) in [5.74, 6) is 1.02. The molecule has 4 rings (SSSR count). The molecular weight excluding hydrogens is 430 g/mol. The normalized spacial score (nSPS) is 14.1. The Morgan fingerprint density at radius 1 is 1.24 bits per heavy atom. The van der Waals surface area contributed by atoms with Gasteiger partial charge in [0.1, 0.15) is 11.8 Å². The Kier molecular flexibility index (Phi) is 7.21. The van der Waals surface area contributed by atoms with Crippen molar-refractivity contribution in [2.45, 2.75) is 19.9 Å². The molecule has 0 aliphatic carbocycles. The number of aliphatic hydroxyl groups excluding tert-OH is 1. The van der Waals surface area contributed by atoms with Crippen LogP contribution in [0.3, 0.4) is 0 Å². The van der Waals surface area contributed by atoms with E-state index in [1.165, 1.54) is 0 Å². The van der Waals surface area contributed by atoms with Crippen molar-refractivity contribution in [3.05, 3.63) is 53.3 Å². The van der Waals surface area contributed by atoms with Gasteiger partial charge in [0.2, 0.25) is 11.8 Å². The van der Waals surface area contributed by atoms with Crippen molar-refractivity contribution in [1.82, 2.24) is 19.9 Å². The average Bonchev–Trinajstić information content (AvgIpc) is 2.86. The first-order chi connectivity index (χ1) is 16.5. The summed E-state index contributed by atoms with van der Waals surface area (Å²) in [6.45, 7) is 4.41. The van der Waals surface area contributed by atoms with Crippen LogP contribution in [0.2, 0.25) is 0 Å². The Bertz CT molecular complexity index is 1210. The molecule has 9 nitrogen and oxygen atoms in total. The molecule has 3 aromatic rings. The van der Waals surface area contributed by atoms with E-state index in [1.54, 1.807) is 25.4 Å². The van der Waals surface area contributed by atoms with E-state index < -0.39 is 0 Å². The molecular formula is C25H29N7O2. The van der Waals surface area contributed by atoms with E-state index in [0.717, 1.165) is 42.0 Å². The quantitative estimate of drug-likeness (QED) is 0.466. The first-order valence-corrected chi connectivity index (χ1v) is 11.3. The number of nitrogens with zero attached hydrogens (tertiary/aromatic N) is 5. The van der Waals surface area contributed by atoms with Crippen LogP contribution < -0.4 is 15.4 Å². The van der Waals surface area contributed by atoms with E-state index in [4.69, 9.17) is 4.74 Å². The van der Waals surface area contributed by atoms with Crippen molar-refractivity contribution in [3.63, 3.8) is 0 Å². The molecule has 9 heteroatoms.